The molecule has 2 aliphatic rings. The Morgan fingerprint density at radius 3 is 2.75 bits per heavy atom. The van der Waals surface area contributed by atoms with Crippen molar-refractivity contribution in [2.24, 2.45) is 5.92 Å². The van der Waals surface area contributed by atoms with E-state index in [1.54, 1.807) is 10.7 Å². The van der Waals surface area contributed by atoms with Crippen molar-refractivity contribution in [1.82, 2.24) is 24.9 Å². The summed E-state index contributed by atoms with van der Waals surface area (Å²) in [5.74, 6) is 1.11. The second kappa shape index (κ2) is 9.09. The van der Waals surface area contributed by atoms with Crippen LogP contribution in [0, 0.1) is 23.1 Å². The van der Waals surface area contributed by atoms with Gasteiger partial charge < -0.3 is 15.5 Å². The third-order valence-corrected chi connectivity index (χ3v) is 6.49. The number of hydrogen-bond donors (Lipinski definition) is 2. The smallest absolute Gasteiger partial charge is 0.207 e. The molecule has 166 valence electrons. The van der Waals surface area contributed by atoms with Gasteiger partial charge in [0.25, 0.3) is 0 Å². The molecule has 4 heterocycles. The highest BCUT2D eigenvalue weighted by atomic mass is 19.1. The van der Waals surface area contributed by atoms with E-state index in [0.717, 1.165) is 49.9 Å². The Labute approximate surface area is 186 Å². The van der Waals surface area contributed by atoms with Crippen molar-refractivity contribution in [2.75, 3.05) is 36.4 Å². The fourth-order valence-electron chi connectivity index (χ4n) is 4.68. The summed E-state index contributed by atoms with van der Waals surface area (Å²) in [6.07, 6.45) is 7.97. The monoisotopic (exact) mass is 434 g/mol. The van der Waals surface area contributed by atoms with Gasteiger partial charge in [-0.25, -0.2) is 14.5 Å². The van der Waals surface area contributed by atoms with Gasteiger partial charge in [0, 0.05) is 44.8 Å². The van der Waals surface area contributed by atoms with E-state index in [-0.39, 0.29) is 11.9 Å². The molecule has 0 aromatic carbocycles. The second-order valence-electron chi connectivity index (χ2n) is 8.58. The van der Waals surface area contributed by atoms with Crippen molar-refractivity contribution in [3.8, 4) is 17.5 Å². The minimum Gasteiger partial charge on any atom is -0.365 e. The molecular weight excluding hydrogens is 407 g/mol. The van der Waals surface area contributed by atoms with Crippen LogP contribution >= 0.6 is 0 Å². The molecule has 2 N–H and O–H groups in total. The van der Waals surface area contributed by atoms with Gasteiger partial charge in [-0.2, -0.15) is 14.8 Å². The average molecular weight is 435 g/mol. The zero-order valence-corrected chi connectivity index (χ0v) is 18.0. The SMILES string of the molecule is N#CCC1CCC(Nc2nc(-c3cnn4ccccc34)nc(N3CCNCC3)c2F)CC1. The van der Waals surface area contributed by atoms with Gasteiger partial charge in [0.15, 0.2) is 17.5 Å². The number of nitrogens with one attached hydrogen (secondary N) is 2. The van der Waals surface area contributed by atoms with Crippen molar-refractivity contribution >= 4 is 17.2 Å². The highest BCUT2D eigenvalue weighted by Gasteiger charge is 2.26. The van der Waals surface area contributed by atoms with Crippen LogP contribution in [-0.2, 0) is 0 Å². The molecule has 0 radical (unpaired) electrons. The molecule has 3 aromatic rings. The molecule has 0 spiro atoms. The van der Waals surface area contributed by atoms with E-state index in [4.69, 9.17) is 5.26 Å². The van der Waals surface area contributed by atoms with E-state index in [9.17, 15) is 0 Å². The first kappa shape index (κ1) is 20.6. The molecule has 2 fully saturated rings. The van der Waals surface area contributed by atoms with E-state index >= 15 is 4.39 Å². The molecule has 3 aromatic heterocycles. The molecule has 0 unspecified atom stereocenters. The van der Waals surface area contributed by atoms with E-state index in [1.807, 2.05) is 29.3 Å². The summed E-state index contributed by atoms with van der Waals surface area (Å²) >= 11 is 0. The van der Waals surface area contributed by atoms with E-state index in [2.05, 4.69) is 31.8 Å². The van der Waals surface area contributed by atoms with Gasteiger partial charge in [-0.3, -0.25) is 0 Å². The Balaban J connectivity index is 1.49. The van der Waals surface area contributed by atoms with Crippen molar-refractivity contribution in [3.05, 3.63) is 36.4 Å². The number of aromatic nitrogens is 4. The number of fused-ring (bicyclic) bond motifs is 1. The molecule has 1 saturated heterocycles. The normalized spacial score (nSPS) is 21.4. The van der Waals surface area contributed by atoms with Gasteiger partial charge in [-0.05, 0) is 43.7 Å². The van der Waals surface area contributed by atoms with Gasteiger partial charge in [-0.15, -0.1) is 0 Å². The molecule has 32 heavy (non-hydrogen) atoms. The number of nitriles is 1. The summed E-state index contributed by atoms with van der Waals surface area (Å²) in [4.78, 5) is 11.3. The van der Waals surface area contributed by atoms with Crippen molar-refractivity contribution in [2.45, 2.75) is 38.1 Å². The maximum atomic E-state index is 15.6. The molecule has 1 aliphatic heterocycles. The number of hydrogen-bond acceptors (Lipinski definition) is 7. The average Bonchev–Trinajstić information content (AvgIpc) is 3.27. The first-order valence-electron chi connectivity index (χ1n) is 11.3. The lowest BCUT2D eigenvalue weighted by atomic mass is 9.84. The maximum absolute atomic E-state index is 15.6. The summed E-state index contributed by atoms with van der Waals surface area (Å²) in [6, 6.07) is 8.23. The predicted octanol–water partition coefficient (Wildman–Crippen LogP) is 3.22. The minimum absolute atomic E-state index is 0.141. The summed E-state index contributed by atoms with van der Waals surface area (Å²) in [5, 5.41) is 20.0. The van der Waals surface area contributed by atoms with Crippen LogP contribution in [0.5, 0.6) is 0 Å². The molecule has 1 aliphatic carbocycles. The number of piperazine rings is 1. The van der Waals surface area contributed by atoms with E-state index < -0.39 is 5.82 Å². The third kappa shape index (κ3) is 4.10. The van der Waals surface area contributed by atoms with Crippen LogP contribution in [-0.4, -0.2) is 51.8 Å². The molecule has 1 saturated carbocycles. The maximum Gasteiger partial charge on any atom is 0.207 e. The van der Waals surface area contributed by atoms with Crippen LogP contribution in [0.1, 0.15) is 32.1 Å². The number of halogens is 1. The highest BCUT2D eigenvalue weighted by Crippen LogP contribution is 2.32. The number of pyridine rings is 1. The van der Waals surface area contributed by atoms with Crippen molar-refractivity contribution in [1.29, 1.82) is 5.26 Å². The summed E-state index contributed by atoms with van der Waals surface area (Å²) in [6.45, 7) is 2.98. The van der Waals surface area contributed by atoms with Crippen LogP contribution < -0.4 is 15.5 Å². The summed E-state index contributed by atoms with van der Waals surface area (Å²) < 4.78 is 17.4. The molecule has 0 atom stereocenters. The Kier molecular flexibility index (Phi) is 5.86. The minimum atomic E-state index is -0.397. The first-order chi connectivity index (χ1) is 15.7. The van der Waals surface area contributed by atoms with Crippen LogP contribution in [0.25, 0.3) is 16.9 Å². The van der Waals surface area contributed by atoms with Crippen LogP contribution in [0.15, 0.2) is 30.6 Å². The lowest BCUT2D eigenvalue weighted by Gasteiger charge is -2.31. The van der Waals surface area contributed by atoms with Gasteiger partial charge >= 0.3 is 0 Å². The zero-order chi connectivity index (χ0) is 21.9. The van der Waals surface area contributed by atoms with Gasteiger partial charge in [0.05, 0.1) is 23.3 Å². The Hall–Kier alpha value is -3.25. The van der Waals surface area contributed by atoms with Gasteiger partial charge in [-0.1, -0.05) is 6.07 Å². The summed E-state index contributed by atoms with van der Waals surface area (Å²) in [5.41, 5.74) is 1.66. The van der Waals surface area contributed by atoms with Gasteiger partial charge in [0.1, 0.15) is 0 Å². The fraction of sp³-hybridized carbons (Fsp3) is 0.478. The fourth-order valence-corrected chi connectivity index (χ4v) is 4.68. The largest absolute Gasteiger partial charge is 0.365 e. The topological polar surface area (TPSA) is 94.2 Å². The summed E-state index contributed by atoms with van der Waals surface area (Å²) in [7, 11) is 0. The van der Waals surface area contributed by atoms with E-state index in [1.165, 1.54) is 0 Å². The number of nitrogens with zero attached hydrogens (tertiary/aromatic N) is 6. The van der Waals surface area contributed by atoms with Crippen LogP contribution in [0.2, 0.25) is 0 Å². The van der Waals surface area contributed by atoms with Crippen LogP contribution in [0.3, 0.4) is 0 Å². The lowest BCUT2D eigenvalue weighted by Crippen LogP contribution is -2.44. The standard InChI is InChI=1S/C23H27FN8/c24-20-22(28-17-6-4-16(5-7-17)8-9-25)29-21(30-23(20)31-13-10-26-11-14-31)18-15-27-32-12-2-1-3-19(18)32/h1-3,12,15-17,26H,4-8,10-11,13-14H2,(H,28,29,30). The lowest BCUT2D eigenvalue weighted by molar-refractivity contribution is 0.341. The van der Waals surface area contributed by atoms with Crippen molar-refractivity contribution in [3.63, 3.8) is 0 Å². The Morgan fingerprint density at radius 2 is 1.97 bits per heavy atom. The first-order valence-corrected chi connectivity index (χ1v) is 11.3. The van der Waals surface area contributed by atoms with Crippen LogP contribution in [0.4, 0.5) is 16.0 Å². The Morgan fingerprint density at radius 1 is 1.16 bits per heavy atom. The number of anilines is 2. The number of rotatable bonds is 5. The zero-order valence-electron chi connectivity index (χ0n) is 18.0. The second-order valence-corrected chi connectivity index (χ2v) is 8.58. The highest BCUT2D eigenvalue weighted by molar-refractivity contribution is 5.77. The predicted molar refractivity (Wildman–Crippen MR) is 121 cm³/mol. The van der Waals surface area contributed by atoms with Crippen molar-refractivity contribution < 1.29 is 4.39 Å². The molecule has 9 heteroatoms. The molecule has 5 rings (SSSR count). The van der Waals surface area contributed by atoms with E-state index in [0.29, 0.717) is 37.1 Å². The van der Waals surface area contributed by atoms with Gasteiger partial charge in [0.2, 0.25) is 5.82 Å². The quantitative estimate of drug-likeness (QED) is 0.637. The Bertz CT molecular complexity index is 1120. The molecular formula is C23H27FN8. The molecule has 0 bridgehead atoms. The molecule has 8 nitrogen and oxygen atoms in total. The third-order valence-electron chi connectivity index (χ3n) is 6.49. The molecule has 0 amide bonds.